The van der Waals surface area contributed by atoms with Gasteiger partial charge in [0.15, 0.2) is 5.13 Å². The predicted molar refractivity (Wildman–Crippen MR) is 123 cm³/mol. The molecule has 0 bridgehead atoms. The topological polar surface area (TPSA) is 96.9 Å². The van der Waals surface area contributed by atoms with Crippen LogP contribution in [0.15, 0.2) is 53.9 Å². The summed E-state index contributed by atoms with van der Waals surface area (Å²) in [6.45, 7) is 1.52. The number of thiazole rings is 1. The number of benzene rings is 2. The zero-order chi connectivity index (χ0) is 23.6. The van der Waals surface area contributed by atoms with Crippen LogP contribution in [0.3, 0.4) is 0 Å². The van der Waals surface area contributed by atoms with Crippen molar-refractivity contribution in [3.63, 3.8) is 0 Å². The van der Waals surface area contributed by atoms with Crippen molar-refractivity contribution in [3.05, 3.63) is 71.0 Å². The van der Waals surface area contributed by atoms with E-state index in [1.54, 1.807) is 23.6 Å². The van der Waals surface area contributed by atoms with E-state index in [-0.39, 0.29) is 28.7 Å². The smallest absolute Gasteiger partial charge is 0.338 e. The fourth-order valence-corrected chi connectivity index (χ4v) is 5.87. The number of hydrogen-bond acceptors (Lipinski definition) is 7. The van der Waals surface area contributed by atoms with Gasteiger partial charge in [0.2, 0.25) is 15.9 Å². The first-order valence-electron chi connectivity index (χ1n) is 10.0. The molecule has 33 heavy (non-hydrogen) atoms. The molecule has 0 spiro atoms. The Labute approximate surface area is 194 Å². The minimum atomic E-state index is -3.36. The number of amides is 1. The molecule has 1 aliphatic heterocycles. The van der Waals surface area contributed by atoms with Crippen molar-refractivity contribution in [3.8, 4) is 0 Å². The average molecular weight is 490 g/mol. The number of aromatic nitrogens is 1. The number of carbonyl (C=O) groups is 2. The molecule has 2 aromatic carbocycles. The van der Waals surface area contributed by atoms with Crippen LogP contribution in [0.2, 0.25) is 0 Å². The maximum absolute atomic E-state index is 14.2. The second-order valence-corrected chi connectivity index (χ2v) is 10.1. The predicted octanol–water partition coefficient (Wildman–Crippen LogP) is 3.86. The normalized spacial score (nSPS) is 14.8. The molecule has 1 aliphatic rings. The molecule has 0 N–H and O–H groups in total. The Bertz CT molecular complexity index is 1310. The van der Waals surface area contributed by atoms with Gasteiger partial charge in [-0.25, -0.2) is 22.6 Å². The molecule has 8 nitrogen and oxygen atoms in total. The van der Waals surface area contributed by atoms with Crippen LogP contribution >= 0.6 is 11.3 Å². The first kappa shape index (κ1) is 22.9. The van der Waals surface area contributed by atoms with Gasteiger partial charge in [0, 0.05) is 18.8 Å². The highest BCUT2D eigenvalue weighted by molar-refractivity contribution is 7.93. The molecule has 0 atom stereocenters. The summed E-state index contributed by atoms with van der Waals surface area (Å²) < 4.78 is 45.1. The van der Waals surface area contributed by atoms with Crippen LogP contribution in [0.25, 0.3) is 0 Å². The van der Waals surface area contributed by atoms with Gasteiger partial charge in [-0.3, -0.25) is 14.0 Å². The SMILES string of the molecule is CC(=O)N(c1nc(COC(=O)c2cccc(N3CCCS3(=O)=O)c2)cs1)c1ccccc1F. The summed E-state index contributed by atoms with van der Waals surface area (Å²) in [5.74, 6) is -1.53. The van der Waals surface area contributed by atoms with Crippen LogP contribution < -0.4 is 9.21 Å². The minimum Gasteiger partial charge on any atom is -0.456 e. The van der Waals surface area contributed by atoms with Crippen molar-refractivity contribution in [1.82, 2.24) is 4.98 Å². The number of halogens is 1. The molecule has 0 unspecified atom stereocenters. The summed E-state index contributed by atoms with van der Waals surface area (Å²) in [7, 11) is -3.36. The van der Waals surface area contributed by atoms with Crippen LogP contribution in [-0.4, -0.2) is 37.6 Å². The Morgan fingerprint density at radius 3 is 2.70 bits per heavy atom. The lowest BCUT2D eigenvalue weighted by Gasteiger charge is -2.18. The van der Waals surface area contributed by atoms with E-state index in [1.165, 1.54) is 41.6 Å². The standard InChI is InChI=1S/C22H20FN3O5S2/c1-15(27)26(20-9-3-2-8-19(20)23)22-24-17(14-32-22)13-31-21(28)16-6-4-7-18(12-16)25-10-5-11-33(25,29)30/h2-4,6-9,12,14H,5,10-11,13H2,1H3. The Kier molecular flexibility index (Phi) is 6.43. The third kappa shape index (κ3) is 4.88. The summed E-state index contributed by atoms with van der Waals surface area (Å²) in [5, 5.41) is 1.87. The first-order chi connectivity index (χ1) is 15.8. The van der Waals surface area contributed by atoms with Crippen LogP contribution in [0.5, 0.6) is 0 Å². The highest BCUT2D eigenvalue weighted by Crippen LogP contribution is 2.31. The van der Waals surface area contributed by atoms with Crippen molar-refractivity contribution < 1.29 is 27.1 Å². The van der Waals surface area contributed by atoms with E-state index in [9.17, 15) is 22.4 Å². The van der Waals surface area contributed by atoms with E-state index in [0.29, 0.717) is 24.3 Å². The second-order valence-electron chi connectivity index (χ2n) is 7.30. The summed E-state index contributed by atoms with van der Waals surface area (Å²) in [6.07, 6.45) is 0.535. The third-order valence-corrected chi connectivity index (χ3v) is 7.70. The quantitative estimate of drug-likeness (QED) is 0.488. The summed E-state index contributed by atoms with van der Waals surface area (Å²) >= 11 is 1.12. The van der Waals surface area contributed by atoms with E-state index < -0.39 is 27.7 Å². The van der Waals surface area contributed by atoms with Gasteiger partial charge in [0.25, 0.3) is 0 Å². The van der Waals surface area contributed by atoms with Gasteiger partial charge in [-0.15, -0.1) is 11.3 Å². The molecule has 1 saturated heterocycles. The number of sulfonamides is 1. The third-order valence-electron chi connectivity index (χ3n) is 4.96. The van der Waals surface area contributed by atoms with Gasteiger partial charge in [0.1, 0.15) is 12.4 Å². The summed E-state index contributed by atoms with van der Waals surface area (Å²) in [6, 6.07) is 12.1. The Hall–Kier alpha value is -3.31. The van der Waals surface area contributed by atoms with Gasteiger partial charge < -0.3 is 4.74 Å². The molecule has 0 saturated carbocycles. The number of esters is 1. The van der Waals surface area contributed by atoms with Crippen LogP contribution in [0.1, 0.15) is 29.4 Å². The summed E-state index contributed by atoms with van der Waals surface area (Å²) in [5.41, 5.74) is 1.10. The van der Waals surface area contributed by atoms with Crippen LogP contribution in [0, 0.1) is 5.82 Å². The average Bonchev–Trinajstić information content (AvgIpc) is 3.39. The highest BCUT2D eigenvalue weighted by atomic mass is 32.2. The number of anilines is 3. The van der Waals surface area contributed by atoms with Gasteiger partial charge in [-0.05, 0) is 36.8 Å². The fourth-order valence-electron chi connectivity index (χ4n) is 3.45. The zero-order valence-corrected chi connectivity index (χ0v) is 19.2. The summed E-state index contributed by atoms with van der Waals surface area (Å²) in [4.78, 5) is 30.1. The number of ether oxygens (including phenoxy) is 1. The van der Waals surface area contributed by atoms with Gasteiger partial charge >= 0.3 is 5.97 Å². The lowest BCUT2D eigenvalue weighted by molar-refractivity contribution is -0.115. The lowest BCUT2D eigenvalue weighted by Crippen LogP contribution is -2.25. The van der Waals surface area contributed by atoms with Crippen LogP contribution in [0.4, 0.5) is 20.9 Å². The molecule has 172 valence electrons. The maximum atomic E-state index is 14.2. The van der Waals surface area contributed by atoms with Crippen LogP contribution in [-0.2, 0) is 26.2 Å². The number of nitrogens with zero attached hydrogens (tertiary/aromatic N) is 3. The monoisotopic (exact) mass is 489 g/mol. The molecule has 0 radical (unpaired) electrons. The second kappa shape index (κ2) is 9.28. The van der Waals surface area contributed by atoms with E-state index in [0.717, 1.165) is 16.2 Å². The molecular weight excluding hydrogens is 469 g/mol. The Morgan fingerprint density at radius 2 is 2.00 bits per heavy atom. The molecule has 1 aromatic heterocycles. The number of rotatable bonds is 6. The van der Waals surface area contributed by atoms with E-state index in [4.69, 9.17) is 4.74 Å². The van der Waals surface area contributed by atoms with Gasteiger partial charge in [-0.2, -0.15) is 0 Å². The van der Waals surface area contributed by atoms with Crippen molar-refractivity contribution in [2.24, 2.45) is 0 Å². The molecule has 0 aliphatic carbocycles. The van der Waals surface area contributed by atoms with Crippen molar-refractivity contribution in [1.29, 1.82) is 0 Å². The lowest BCUT2D eigenvalue weighted by atomic mass is 10.2. The van der Waals surface area contributed by atoms with E-state index in [2.05, 4.69) is 4.98 Å². The molecular formula is C22H20FN3O5S2. The largest absolute Gasteiger partial charge is 0.456 e. The Morgan fingerprint density at radius 1 is 1.21 bits per heavy atom. The number of hydrogen-bond donors (Lipinski definition) is 0. The maximum Gasteiger partial charge on any atom is 0.338 e. The van der Waals surface area contributed by atoms with E-state index in [1.807, 2.05) is 0 Å². The number of para-hydroxylation sites is 1. The van der Waals surface area contributed by atoms with E-state index >= 15 is 0 Å². The van der Waals surface area contributed by atoms with Crippen molar-refractivity contribution in [2.75, 3.05) is 21.5 Å². The minimum absolute atomic E-state index is 0.0802. The fraction of sp³-hybridized carbons (Fsp3) is 0.227. The molecule has 1 amide bonds. The molecule has 11 heteroatoms. The zero-order valence-electron chi connectivity index (χ0n) is 17.6. The molecule has 4 rings (SSSR count). The van der Waals surface area contributed by atoms with Crippen molar-refractivity contribution >= 4 is 49.7 Å². The van der Waals surface area contributed by atoms with Crippen molar-refractivity contribution in [2.45, 2.75) is 20.0 Å². The number of carbonyl (C=O) groups excluding carboxylic acids is 2. The molecule has 1 fully saturated rings. The Balaban J connectivity index is 1.46. The molecule has 3 aromatic rings. The first-order valence-corrected chi connectivity index (χ1v) is 12.5. The molecule has 2 heterocycles. The van der Waals surface area contributed by atoms with Gasteiger partial charge in [0.05, 0.1) is 28.4 Å². The highest BCUT2D eigenvalue weighted by Gasteiger charge is 2.29. The van der Waals surface area contributed by atoms with Gasteiger partial charge in [-0.1, -0.05) is 18.2 Å².